The number of methoxy groups -OCH3 is 1. The van der Waals surface area contributed by atoms with Gasteiger partial charge in [0.05, 0.1) is 11.7 Å². The zero-order valence-corrected chi connectivity index (χ0v) is 10.8. The zero-order valence-electron chi connectivity index (χ0n) is 10.8. The maximum absolute atomic E-state index is 10.3. The van der Waals surface area contributed by atoms with Gasteiger partial charge in [-0.1, -0.05) is 31.2 Å². The molecule has 0 aromatic heterocycles. The number of ether oxygens (including phenoxy) is 1. The predicted octanol–water partition coefficient (Wildman–Crippen LogP) is 3.24. The minimum absolute atomic E-state index is 0.0678. The Labute approximate surface area is 104 Å². The van der Waals surface area contributed by atoms with Crippen LogP contribution < -0.4 is 0 Å². The first-order valence-electron chi connectivity index (χ1n) is 6.51. The third-order valence-corrected chi connectivity index (χ3v) is 4.01. The van der Waals surface area contributed by atoms with E-state index in [9.17, 15) is 5.11 Å². The van der Waals surface area contributed by atoms with Crippen LogP contribution in [0.4, 0.5) is 0 Å². The Balaban J connectivity index is 2.05. The summed E-state index contributed by atoms with van der Waals surface area (Å²) in [5, 5.41) is 10.3. The molecule has 1 atom stereocenters. The first-order chi connectivity index (χ1) is 8.19. The second kappa shape index (κ2) is 5.19. The average molecular weight is 234 g/mol. The van der Waals surface area contributed by atoms with Crippen molar-refractivity contribution in [1.29, 1.82) is 0 Å². The van der Waals surface area contributed by atoms with Crippen molar-refractivity contribution in [1.82, 2.24) is 0 Å². The Kier molecular flexibility index (Phi) is 3.85. The van der Waals surface area contributed by atoms with E-state index < -0.39 is 6.10 Å². The molecule has 94 valence electrons. The lowest BCUT2D eigenvalue weighted by Crippen LogP contribution is -2.40. The number of hydrogen-bond donors (Lipinski definition) is 1. The summed E-state index contributed by atoms with van der Waals surface area (Å²) >= 11 is 0. The van der Waals surface area contributed by atoms with Gasteiger partial charge in [-0.3, -0.25) is 0 Å². The van der Waals surface area contributed by atoms with Gasteiger partial charge in [-0.2, -0.15) is 0 Å². The predicted molar refractivity (Wildman–Crippen MR) is 69.0 cm³/mol. The summed E-state index contributed by atoms with van der Waals surface area (Å²) in [4.78, 5) is 0. The largest absolute Gasteiger partial charge is 0.388 e. The Morgan fingerprint density at radius 1 is 1.41 bits per heavy atom. The summed E-state index contributed by atoms with van der Waals surface area (Å²) in [5.41, 5.74) is 2.23. The Bertz CT molecular complexity index is 363. The van der Waals surface area contributed by atoms with E-state index in [1.807, 2.05) is 12.1 Å². The number of benzene rings is 1. The zero-order chi connectivity index (χ0) is 12.3. The number of aliphatic hydroxyl groups is 1. The van der Waals surface area contributed by atoms with Crippen LogP contribution >= 0.6 is 0 Å². The molecule has 0 amide bonds. The van der Waals surface area contributed by atoms with Crippen molar-refractivity contribution in [3.05, 3.63) is 35.4 Å². The molecule has 1 fully saturated rings. The van der Waals surface area contributed by atoms with E-state index in [1.165, 1.54) is 12.0 Å². The molecule has 0 saturated heterocycles. The molecule has 1 unspecified atom stereocenters. The second-order valence-corrected chi connectivity index (χ2v) is 5.06. The highest BCUT2D eigenvalue weighted by Crippen LogP contribution is 2.41. The lowest BCUT2D eigenvalue weighted by Gasteiger charge is -2.41. The summed E-state index contributed by atoms with van der Waals surface area (Å²) in [6, 6.07) is 8.24. The van der Waals surface area contributed by atoms with Gasteiger partial charge >= 0.3 is 0 Å². The maximum atomic E-state index is 10.3. The maximum Gasteiger partial charge on any atom is 0.0817 e. The number of aliphatic hydroxyl groups excluding tert-OH is 1. The van der Waals surface area contributed by atoms with Crippen LogP contribution in [0.2, 0.25) is 0 Å². The summed E-state index contributed by atoms with van der Waals surface area (Å²) in [6.45, 7) is 2.13. The van der Waals surface area contributed by atoms with Gasteiger partial charge in [0.1, 0.15) is 0 Å². The Morgan fingerprint density at radius 3 is 2.71 bits per heavy atom. The fraction of sp³-hybridized carbons (Fsp3) is 0.600. The van der Waals surface area contributed by atoms with Crippen LogP contribution in [-0.4, -0.2) is 17.8 Å². The van der Waals surface area contributed by atoms with Crippen molar-refractivity contribution in [3.8, 4) is 0 Å². The van der Waals surface area contributed by atoms with Crippen molar-refractivity contribution < 1.29 is 9.84 Å². The lowest BCUT2D eigenvalue weighted by atomic mass is 9.75. The molecule has 0 bridgehead atoms. The van der Waals surface area contributed by atoms with Crippen molar-refractivity contribution in [2.75, 3.05) is 7.11 Å². The minimum atomic E-state index is -0.401. The summed E-state index contributed by atoms with van der Waals surface area (Å²) < 4.78 is 5.56. The second-order valence-electron chi connectivity index (χ2n) is 5.06. The highest BCUT2D eigenvalue weighted by molar-refractivity contribution is 5.25. The topological polar surface area (TPSA) is 29.5 Å². The SMILES string of the molecule is CCc1cccc(C(O)CC2(OC)CCC2)c1. The Morgan fingerprint density at radius 2 is 2.18 bits per heavy atom. The van der Waals surface area contributed by atoms with Crippen molar-refractivity contribution >= 4 is 0 Å². The van der Waals surface area contributed by atoms with Crippen LogP contribution in [0.1, 0.15) is 49.8 Å². The van der Waals surface area contributed by atoms with Crippen LogP contribution in [0.15, 0.2) is 24.3 Å². The first-order valence-corrected chi connectivity index (χ1v) is 6.51. The molecule has 1 saturated carbocycles. The Hall–Kier alpha value is -0.860. The number of rotatable bonds is 5. The van der Waals surface area contributed by atoms with E-state index in [4.69, 9.17) is 4.74 Å². The molecular weight excluding hydrogens is 212 g/mol. The third-order valence-electron chi connectivity index (χ3n) is 4.01. The van der Waals surface area contributed by atoms with Gasteiger partial charge in [-0.05, 0) is 36.8 Å². The van der Waals surface area contributed by atoms with Gasteiger partial charge < -0.3 is 9.84 Å². The van der Waals surface area contributed by atoms with Crippen LogP contribution in [-0.2, 0) is 11.2 Å². The van der Waals surface area contributed by atoms with Gasteiger partial charge in [-0.25, -0.2) is 0 Å². The van der Waals surface area contributed by atoms with E-state index in [1.54, 1.807) is 7.11 Å². The quantitative estimate of drug-likeness (QED) is 0.847. The fourth-order valence-corrected chi connectivity index (χ4v) is 2.55. The van der Waals surface area contributed by atoms with E-state index in [-0.39, 0.29) is 5.60 Å². The average Bonchev–Trinajstić information content (AvgIpc) is 2.33. The fourth-order valence-electron chi connectivity index (χ4n) is 2.55. The molecule has 2 nitrogen and oxygen atoms in total. The normalized spacial score (nSPS) is 19.7. The van der Waals surface area contributed by atoms with Crippen LogP contribution in [0, 0.1) is 0 Å². The molecular formula is C15H22O2. The van der Waals surface area contributed by atoms with Gasteiger partial charge in [0.25, 0.3) is 0 Å². The molecule has 1 aromatic rings. The molecule has 0 spiro atoms. The van der Waals surface area contributed by atoms with E-state index >= 15 is 0 Å². The van der Waals surface area contributed by atoms with Gasteiger partial charge in [0.15, 0.2) is 0 Å². The smallest absolute Gasteiger partial charge is 0.0817 e. The molecule has 1 aromatic carbocycles. The number of aryl methyl sites for hydroxylation is 1. The molecule has 0 heterocycles. The van der Waals surface area contributed by atoms with Crippen LogP contribution in [0.5, 0.6) is 0 Å². The highest BCUT2D eigenvalue weighted by atomic mass is 16.5. The van der Waals surface area contributed by atoms with Crippen molar-refractivity contribution in [2.45, 2.75) is 50.7 Å². The minimum Gasteiger partial charge on any atom is -0.388 e. The van der Waals surface area contributed by atoms with Crippen molar-refractivity contribution in [3.63, 3.8) is 0 Å². The number of hydrogen-bond acceptors (Lipinski definition) is 2. The van der Waals surface area contributed by atoms with Crippen molar-refractivity contribution in [2.24, 2.45) is 0 Å². The van der Waals surface area contributed by atoms with E-state index in [0.717, 1.165) is 31.2 Å². The standard InChI is InChI=1S/C15H22O2/c1-3-12-6-4-7-13(10-12)14(16)11-15(17-2)8-5-9-15/h4,6-7,10,14,16H,3,5,8-9,11H2,1-2H3. The summed E-state index contributed by atoms with van der Waals surface area (Å²) in [5.74, 6) is 0. The summed E-state index contributed by atoms with van der Waals surface area (Å²) in [7, 11) is 1.76. The van der Waals surface area contributed by atoms with Crippen LogP contribution in [0.3, 0.4) is 0 Å². The summed E-state index contributed by atoms with van der Waals surface area (Å²) in [6.07, 6.45) is 4.70. The lowest BCUT2D eigenvalue weighted by molar-refractivity contribution is -0.0999. The molecule has 2 rings (SSSR count). The molecule has 1 aliphatic rings. The molecule has 0 radical (unpaired) electrons. The van der Waals surface area contributed by atoms with E-state index in [2.05, 4.69) is 19.1 Å². The van der Waals surface area contributed by atoms with E-state index in [0.29, 0.717) is 0 Å². The molecule has 0 aliphatic heterocycles. The molecule has 1 aliphatic carbocycles. The van der Waals surface area contributed by atoms with Crippen LogP contribution in [0.25, 0.3) is 0 Å². The third kappa shape index (κ3) is 2.70. The van der Waals surface area contributed by atoms with Gasteiger partial charge in [-0.15, -0.1) is 0 Å². The molecule has 17 heavy (non-hydrogen) atoms. The highest BCUT2D eigenvalue weighted by Gasteiger charge is 2.38. The van der Waals surface area contributed by atoms with Gasteiger partial charge in [0.2, 0.25) is 0 Å². The van der Waals surface area contributed by atoms with Gasteiger partial charge in [0, 0.05) is 13.5 Å². The first kappa shape index (κ1) is 12.6. The molecule has 2 heteroatoms. The monoisotopic (exact) mass is 234 g/mol. The molecule has 1 N–H and O–H groups in total.